The largest absolute Gasteiger partial charge is 0.393 e. The lowest BCUT2D eigenvalue weighted by Gasteiger charge is -2.48. The normalized spacial score (nSPS) is 21.5. The van der Waals surface area contributed by atoms with Crippen LogP contribution >= 0.6 is 23.2 Å². The van der Waals surface area contributed by atoms with E-state index in [-0.39, 0.29) is 16.6 Å². The number of carbonyl (C=O) groups excluding carboxylic acids is 1. The molecular formula is C31H35Cl2N3O4S. The van der Waals surface area contributed by atoms with Gasteiger partial charge in [0, 0.05) is 31.7 Å². The maximum Gasteiger partial charge on any atom is 0.253 e. The third-order valence-electron chi connectivity index (χ3n) is 8.13. The number of nitrogens with one attached hydrogen (secondary N) is 1. The van der Waals surface area contributed by atoms with Crippen molar-refractivity contribution in [3.05, 3.63) is 100 Å². The number of amides is 1. The van der Waals surface area contributed by atoms with Gasteiger partial charge in [-0.1, -0.05) is 65.7 Å². The lowest BCUT2D eigenvalue weighted by molar-refractivity contribution is 0.0275. The van der Waals surface area contributed by atoms with Crippen LogP contribution in [-0.2, 0) is 15.4 Å². The van der Waals surface area contributed by atoms with E-state index in [1.54, 1.807) is 48.5 Å². The highest BCUT2D eigenvalue weighted by molar-refractivity contribution is 7.91. The summed E-state index contributed by atoms with van der Waals surface area (Å²) in [4.78, 5) is 17.8. The molecule has 2 atom stereocenters. The van der Waals surface area contributed by atoms with E-state index in [1.165, 1.54) is 0 Å². The molecule has 2 aliphatic heterocycles. The summed E-state index contributed by atoms with van der Waals surface area (Å²) < 4.78 is 27.3. The van der Waals surface area contributed by atoms with Crippen LogP contribution in [0.5, 0.6) is 0 Å². The lowest BCUT2D eigenvalue weighted by Crippen LogP contribution is -2.64. The van der Waals surface area contributed by atoms with Gasteiger partial charge in [0.05, 0.1) is 38.5 Å². The minimum atomic E-state index is -3.66. The van der Waals surface area contributed by atoms with Crippen molar-refractivity contribution in [3.63, 3.8) is 0 Å². The molecule has 5 rings (SSSR count). The number of hydrogen-bond donors (Lipinski definition) is 2. The number of rotatable bonds is 8. The van der Waals surface area contributed by atoms with Gasteiger partial charge >= 0.3 is 0 Å². The molecule has 0 bridgehead atoms. The van der Waals surface area contributed by atoms with Crippen molar-refractivity contribution < 1.29 is 18.3 Å². The number of benzene rings is 3. The first-order valence-electron chi connectivity index (χ1n) is 13.9. The number of aliphatic hydroxyl groups excluding tert-OH is 1. The quantitative estimate of drug-likeness (QED) is 0.372. The van der Waals surface area contributed by atoms with Gasteiger partial charge in [-0.25, -0.2) is 8.42 Å². The third-order valence-corrected chi connectivity index (χ3v) is 10.6. The third kappa shape index (κ3) is 6.96. The van der Waals surface area contributed by atoms with E-state index in [0.29, 0.717) is 67.5 Å². The van der Waals surface area contributed by atoms with Crippen LogP contribution in [0.4, 0.5) is 0 Å². The molecule has 2 N–H and O–H groups in total. The Labute approximate surface area is 252 Å². The second kappa shape index (κ2) is 12.8. The molecule has 10 heteroatoms. The Morgan fingerprint density at radius 2 is 1.61 bits per heavy atom. The summed E-state index contributed by atoms with van der Waals surface area (Å²) in [5, 5.41) is 14.8. The van der Waals surface area contributed by atoms with Crippen molar-refractivity contribution >= 4 is 38.9 Å². The molecule has 0 saturated carbocycles. The zero-order valence-corrected chi connectivity index (χ0v) is 25.1. The van der Waals surface area contributed by atoms with Crippen LogP contribution in [0.2, 0.25) is 10.0 Å². The van der Waals surface area contributed by atoms with Crippen LogP contribution in [0, 0.1) is 0 Å². The van der Waals surface area contributed by atoms with Crippen LogP contribution in [0.1, 0.15) is 41.6 Å². The topological polar surface area (TPSA) is 90.0 Å². The molecule has 2 unspecified atom stereocenters. The summed E-state index contributed by atoms with van der Waals surface area (Å²) in [7, 11) is -3.66. The molecule has 2 saturated heterocycles. The van der Waals surface area contributed by atoms with Gasteiger partial charge in [0.1, 0.15) is 0 Å². The van der Waals surface area contributed by atoms with E-state index in [0.717, 1.165) is 5.56 Å². The fourth-order valence-electron chi connectivity index (χ4n) is 5.91. The van der Waals surface area contributed by atoms with E-state index in [9.17, 15) is 18.3 Å². The van der Waals surface area contributed by atoms with E-state index in [1.807, 2.05) is 35.2 Å². The molecule has 0 spiro atoms. The second-order valence-electron chi connectivity index (χ2n) is 10.9. The predicted octanol–water partition coefficient (Wildman–Crippen LogP) is 4.97. The molecule has 3 aromatic rings. The Kier molecular flexibility index (Phi) is 9.38. The lowest BCUT2D eigenvalue weighted by atomic mass is 9.81. The van der Waals surface area contributed by atoms with Crippen molar-refractivity contribution in [2.45, 2.75) is 48.4 Å². The highest BCUT2D eigenvalue weighted by Gasteiger charge is 2.43. The fourth-order valence-corrected chi connectivity index (χ4v) is 7.68. The van der Waals surface area contributed by atoms with Crippen LogP contribution in [0.25, 0.3) is 0 Å². The van der Waals surface area contributed by atoms with Gasteiger partial charge in [0.2, 0.25) is 0 Å². The summed E-state index contributed by atoms with van der Waals surface area (Å²) in [5.41, 5.74) is 0.659. The number of likely N-dealkylation sites (tertiary alicyclic amines) is 2. The Balaban J connectivity index is 1.53. The maximum atomic E-state index is 13.7. The maximum absolute atomic E-state index is 13.7. The number of nitrogens with zero attached hydrogens (tertiary/aromatic N) is 2. The highest BCUT2D eigenvalue weighted by atomic mass is 35.5. The van der Waals surface area contributed by atoms with E-state index in [2.05, 4.69) is 10.2 Å². The first-order chi connectivity index (χ1) is 19.7. The van der Waals surface area contributed by atoms with Crippen LogP contribution in [0.15, 0.2) is 83.8 Å². The molecule has 218 valence electrons. The number of halogens is 2. The molecule has 7 nitrogen and oxygen atoms in total. The van der Waals surface area contributed by atoms with Gasteiger partial charge in [-0.2, -0.15) is 0 Å². The van der Waals surface area contributed by atoms with Crippen molar-refractivity contribution in [2.75, 3.05) is 31.9 Å². The molecule has 0 aromatic heterocycles. The van der Waals surface area contributed by atoms with Crippen molar-refractivity contribution in [2.24, 2.45) is 0 Å². The number of hydrogen-bond acceptors (Lipinski definition) is 6. The Hall–Kier alpha value is -2.46. The summed E-state index contributed by atoms with van der Waals surface area (Å²) in [6, 6.07) is 23.1. The molecule has 0 aliphatic carbocycles. The van der Waals surface area contributed by atoms with Gasteiger partial charge in [0.15, 0.2) is 9.84 Å². The number of sulfone groups is 1. The van der Waals surface area contributed by atoms with E-state index in [4.69, 9.17) is 23.2 Å². The number of aliphatic hydroxyl groups is 1. The number of carbonyl (C=O) groups is 1. The average Bonchev–Trinajstić information content (AvgIpc) is 2.99. The summed E-state index contributed by atoms with van der Waals surface area (Å²) in [6.45, 7) is 2.01. The van der Waals surface area contributed by atoms with Gasteiger partial charge in [-0.3, -0.25) is 15.0 Å². The molecule has 0 radical (unpaired) electrons. The van der Waals surface area contributed by atoms with Gasteiger partial charge < -0.3 is 10.0 Å². The average molecular weight is 617 g/mol. The molecule has 3 aromatic carbocycles. The zero-order chi connectivity index (χ0) is 29.0. The first kappa shape index (κ1) is 30.0. The first-order valence-corrected chi connectivity index (χ1v) is 16.4. The van der Waals surface area contributed by atoms with E-state index >= 15 is 0 Å². The van der Waals surface area contributed by atoms with Crippen LogP contribution in [-0.4, -0.2) is 73.4 Å². The molecule has 2 heterocycles. The standard InChI is InChI=1S/C31H35Cl2N3O4S/c32-27-13-12-24(20-28(27)33)31(16-7-17-36(22-31)30(38)23-8-3-1-4-9-23)34-29(35-18-14-25(37)15-19-35)21-41(39,40)26-10-5-2-6-11-26/h1-6,8-13,20,25,29,34,37H,7,14-19,21-22H2. The van der Waals surface area contributed by atoms with Gasteiger partial charge in [-0.15, -0.1) is 0 Å². The van der Waals surface area contributed by atoms with Gasteiger partial charge in [-0.05, 0) is 67.6 Å². The minimum Gasteiger partial charge on any atom is -0.393 e. The summed E-state index contributed by atoms with van der Waals surface area (Å²) in [6.07, 6.45) is 1.51. The molecular weight excluding hydrogens is 581 g/mol. The fraction of sp³-hybridized carbons (Fsp3) is 0.387. The Morgan fingerprint density at radius 1 is 0.951 bits per heavy atom. The Morgan fingerprint density at radius 3 is 2.27 bits per heavy atom. The molecule has 2 aliphatic rings. The zero-order valence-electron chi connectivity index (χ0n) is 22.8. The smallest absolute Gasteiger partial charge is 0.253 e. The Bertz CT molecular complexity index is 1450. The summed E-state index contributed by atoms with van der Waals surface area (Å²) >= 11 is 12.8. The highest BCUT2D eigenvalue weighted by Crippen LogP contribution is 2.37. The second-order valence-corrected chi connectivity index (χ2v) is 13.8. The van der Waals surface area contributed by atoms with Crippen LogP contribution < -0.4 is 5.32 Å². The minimum absolute atomic E-state index is 0.0777. The SMILES string of the molecule is O=C(c1ccccc1)N1CCCC(NC(CS(=O)(=O)c2ccccc2)N2CCC(O)CC2)(c2ccc(Cl)c(Cl)c2)C1. The monoisotopic (exact) mass is 615 g/mol. The number of piperidine rings is 2. The molecule has 1 amide bonds. The summed E-state index contributed by atoms with van der Waals surface area (Å²) in [5.74, 6) is -0.242. The van der Waals surface area contributed by atoms with Crippen LogP contribution in [0.3, 0.4) is 0 Å². The molecule has 41 heavy (non-hydrogen) atoms. The van der Waals surface area contributed by atoms with Crippen molar-refractivity contribution in [1.29, 1.82) is 0 Å². The van der Waals surface area contributed by atoms with E-state index < -0.39 is 27.6 Å². The molecule has 2 fully saturated rings. The van der Waals surface area contributed by atoms with Crippen molar-refractivity contribution in [3.8, 4) is 0 Å². The van der Waals surface area contributed by atoms with Gasteiger partial charge in [0.25, 0.3) is 5.91 Å². The van der Waals surface area contributed by atoms with Crippen molar-refractivity contribution in [1.82, 2.24) is 15.1 Å². The predicted molar refractivity (Wildman–Crippen MR) is 162 cm³/mol.